The summed E-state index contributed by atoms with van der Waals surface area (Å²) in [5.41, 5.74) is 2.69. The van der Waals surface area contributed by atoms with Gasteiger partial charge < -0.3 is 9.33 Å². The fraction of sp³-hybridized carbons (Fsp3) is 0.556. The lowest BCUT2D eigenvalue weighted by atomic mass is 10.0. The van der Waals surface area contributed by atoms with Crippen LogP contribution in [0.3, 0.4) is 0 Å². The van der Waals surface area contributed by atoms with Gasteiger partial charge in [-0.3, -0.25) is 4.18 Å². The molecule has 5 nitrogen and oxygen atoms in total. The van der Waals surface area contributed by atoms with Crippen molar-refractivity contribution in [3.63, 3.8) is 0 Å². The molecule has 37 heavy (non-hydrogen) atoms. The number of halogens is 3. The van der Waals surface area contributed by atoms with E-state index in [1.165, 1.54) is 24.3 Å². The highest BCUT2D eigenvalue weighted by Crippen LogP contribution is 2.40. The van der Waals surface area contributed by atoms with Gasteiger partial charge in [0.2, 0.25) is 8.32 Å². The standard InChI is InChI=1S/C27H38F3NO4SSi/c1-20-10-12-22(13-11-20)25(27(28,29)30)34-36(32,33)18-8-17-31-16-7-9-21-14-15-23(19-24(21)31)35-37(5,6)26(2,3)4/h10-15,19,25H,7-9,16-18H2,1-6H3. The topological polar surface area (TPSA) is 55.8 Å². The van der Waals surface area contributed by atoms with Crippen LogP contribution in [0.1, 0.15) is 56.4 Å². The molecular formula is C27H38F3NO4SSi. The molecule has 2 aromatic rings. The van der Waals surface area contributed by atoms with Crippen LogP contribution in [0.2, 0.25) is 18.1 Å². The summed E-state index contributed by atoms with van der Waals surface area (Å²) < 4.78 is 77.2. The van der Waals surface area contributed by atoms with Crippen LogP contribution in [-0.2, 0) is 20.7 Å². The van der Waals surface area contributed by atoms with Crippen molar-refractivity contribution < 1.29 is 30.2 Å². The molecule has 0 aliphatic carbocycles. The molecule has 0 amide bonds. The molecule has 3 rings (SSSR count). The van der Waals surface area contributed by atoms with E-state index < -0.39 is 36.5 Å². The van der Waals surface area contributed by atoms with E-state index in [4.69, 9.17) is 8.61 Å². The van der Waals surface area contributed by atoms with E-state index in [1.807, 2.05) is 12.1 Å². The Kier molecular flexibility index (Phi) is 8.76. The van der Waals surface area contributed by atoms with E-state index in [2.05, 4.69) is 44.8 Å². The average Bonchev–Trinajstić information content (AvgIpc) is 2.77. The van der Waals surface area contributed by atoms with E-state index in [0.29, 0.717) is 6.54 Å². The highest BCUT2D eigenvalue weighted by atomic mass is 32.2. The molecule has 1 atom stereocenters. The minimum atomic E-state index is -4.85. The van der Waals surface area contributed by atoms with Gasteiger partial charge in [0.15, 0.2) is 6.10 Å². The number of hydrogen-bond donors (Lipinski definition) is 0. The number of anilines is 1. The summed E-state index contributed by atoms with van der Waals surface area (Å²) in [5.74, 6) is 0.288. The zero-order valence-electron chi connectivity index (χ0n) is 22.5. The molecule has 0 spiro atoms. The molecule has 0 aromatic heterocycles. The van der Waals surface area contributed by atoms with E-state index >= 15 is 0 Å². The largest absolute Gasteiger partial charge is 0.543 e. The van der Waals surface area contributed by atoms with Crippen molar-refractivity contribution in [3.8, 4) is 5.75 Å². The van der Waals surface area contributed by atoms with Gasteiger partial charge in [-0.1, -0.05) is 56.7 Å². The van der Waals surface area contributed by atoms with Crippen molar-refractivity contribution in [3.05, 3.63) is 59.2 Å². The SMILES string of the molecule is Cc1ccc(C(OS(=O)(=O)CCCN2CCCc3ccc(O[Si](C)(C)C(C)(C)C)cc32)C(F)(F)F)cc1. The average molecular weight is 558 g/mol. The fourth-order valence-corrected chi connectivity index (χ4v) is 6.16. The summed E-state index contributed by atoms with van der Waals surface area (Å²) in [7, 11) is -6.45. The summed E-state index contributed by atoms with van der Waals surface area (Å²) in [6.45, 7) is 13.8. The van der Waals surface area contributed by atoms with Crippen LogP contribution in [0.4, 0.5) is 18.9 Å². The normalized spacial score (nSPS) is 15.9. The van der Waals surface area contributed by atoms with Gasteiger partial charge in [0.05, 0.1) is 5.75 Å². The van der Waals surface area contributed by atoms with Crippen LogP contribution in [-0.4, -0.2) is 41.8 Å². The van der Waals surface area contributed by atoms with Crippen LogP contribution in [0, 0.1) is 6.92 Å². The molecule has 0 radical (unpaired) electrons. The van der Waals surface area contributed by atoms with E-state index in [0.717, 1.165) is 42.0 Å². The van der Waals surface area contributed by atoms with Crippen LogP contribution < -0.4 is 9.33 Å². The van der Waals surface area contributed by atoms with Crippen molar-refractivity contribution in [1.82, 2.24) is 0 Å². The summed E-state index contributed by atoms with van der Waals surface area (Å²) in [4.78, 5) is 2.09. The summed E-state index contributed by atoms with van der Waals surface area (Å²) in [6, 6.07) is 11.6. The van der Waals surface area contributed by atoms with Gasteiger partial charge in [-0.05, 0) is 61.5 Å². The Morgan fingerprint density at radius 2 is 1.70 bits per heavy atom. The Morgan fingerprint density at radius 1 is 1.05 bits per heavy atom. The number of hydrogen-bond acceptors (Lipinski definition) is 5. The summed E-state index contributed by atoms with van der Waals surface area (Å²) in [6.07, 6.45) is -5.40. The number of aryl methyl sites for hydroxylation is 2. The molecule has 0 saturated carbocycles. The van der Waals surface area contributed by atoms with E-state index in [1.54, 1.807) is 6.92 Å². The van der Waals surface area contributed by atoms with Crippen molar-refractivity contribution in [1.29, 1.82) is 0 Å². The summed E-state index contributed by atoms with van der Waals surface area (Å²) in [5, 5.41) is 0.0454. The fourth-order valence-electron chi connectivity index (χ4n) is 4.04. The Hall–Kier alpha value is -2.04. The lowest BCUT2D eigenvalue weighted by Crippen LogP contribution is -2.44. The van der Waals surface area contributed by atoms with Gasteiger partial charge in [0, 0.05) is 24.8 Å². The molecule has 0 N–H and O–H groups in total. The first kappa shape index (κ1) is 29.5. The van der Waals surface area contributed by atoms with Crippen LogP contribution in [0.5, 0.6) is 5.75 Å². The lowest BCUT2D eigenvalue weighted by Gasteiger charge is -2.37. The second-order valence-electron chi connectivity index (χ2n) is 11.3. The predicted octanol–water partition coefficient (Wildman–Crippen LogP) is 7.17. The molecule has 2 aromatic carbocycles. The van der Waals surface area contributed by atoms with Crippen LogP contribution in [0.25, 0.3) is 0 Å². The number of rotatable bonds is 9. The quantitative estimate of drug-likeness (QED) is 0.242. The molecule has 206 valence electrons. The number of nitrogens with zero attached hydrogens (tertiary/aromatic N) is 1. The van der Waals surface area contributed by atoms with Gasteiger partial charge in [-0.25, -0.2) is 0 Å². The molecule has 1 aliphatic rings. The zero-order valence-corrected chi connectivity index (χ0v) is 24.3. The Labute approximate surface area is 220 Å². The van der Waals surface area contributed by atoms with E-state index in [9.17, 15) is 21.6 Å². The second kappa shape index (κ2) is 11.0. The molecule has 0 fully saturated rings. The maximum Gasteiger partial charge on any atom is 0.420 e. The Morgan fingerprint density at radius 3 is 2.30 bits per heavy atom. The predicted molar refractivity (Wildman–Crippen MR) is 144 cm³/mol. The van der Waals surface area contributed by atoms with E-state index in [-0.39, 0.29) is 17.0 Å². The minimum Gasteiger partial charge on any atom is -0.543 e. The van der Waals surface area contributed by atoms with Crippen molar-refractivity contribution in [2.45, 2.75) is 77.4 Å². The third-order valence-corrected chi connectivity index (χ3v) is 12.8. The first-order valence-corrected chi connectivity index (χ1v) is 17.1. The first-order chi connectivity index (χ1) is 17.0. The first-order valence-electron chi connectivity index (χ1n) is 12.6. The number of benzene rings is 2. The molecular weight excluding hydrogens is 519 g/mol. The smallest absolute Gasteiger partial charge is 0.420 e. The van der Waals surface area contributed by atoms with Crippen molar-refractivity contribution in [2.24, 2.45) is 0 Å². The maximum atomic E-state index is 13.6. The Balaban J connectivity index is 1.68. The van der Waals surface area contributed by atoms with Gasteiger partial charge >= 0.3 is 6.18 Å². The van der Waals surface area contributed by atoms with Crippen LogP contribution >= 0.6 is 0 Å². The zero-order chi connectivity index (χ0) is 27.6. The third-order valence-electron chi connectivity index (χ3n) is 7.19. The molecule has 1 unspecified atom stereocenters. The molecule has 1 aliphatic heterocycles. The van der Waals surface area contributed by atoms with Crippen molar-refractivity contribution in [2.75, 3.05) is 23.7 Å². The number of alkyl halides is 3. The summed E-state index contributed by atoms with van der Waals surface area (Å²) >= 11 is 0. The Bertz CT molecular complexity index is 1180. The van der Waals surface area contributed by atoms with Gasteiger partial charge in [-0.15, -0.1) is 0 Å². The molecule has 0 saturated heterocycles. The molecule has 10 heteroatoms. The maximum absolute atomic E-state index is 13.6. The molecule has 1 heterocycles. The van der Waals surface area contributed by atoms with Gasteiger partial charge in [0.25, 0.3) is 10.1 Å². The van der Waals surface area contributed by atoms with Gasteiger partial charge in [-0.2, -0.15) is 21.6 Å². The molecule has 0 bridgehead atoms. The minimum absolute atomic E-state index is 0.0454. The van der Waals surface area contributed by atoms with Crippen LogP contribution in [0.15, 0.2) is 42.5 Å². The number of fused-ring (bicyclic) bond motifs is 1. The lowest BCUT2D eigenvalue weighted by molar-refractivity contribution is -0.196. The second-order valence-corrected chi connectivity index (χ2v) is 17.7. The highest BCUT2D eigenvalue weighted by molar-refractivity contribution is 7.86. The monoisotopic (exact) mass is 557 g/mol. The van der Waals surface area contributed by atoms with Crippen molar-refractivity contribution >= 4 is 24.1 Å². The highest BCUT2D eigenvalue weighted by Gasteiger charge is 2.45. The third kappa shape index (κ3) is 7.74. The van der Waals surface area contributed by atoms with Gasteiger partial charge in [0.1, 0.15) is 5.75 Å².